The van der Waals surface area contributed by atoms with Crippen LogP contribution in [-0.4, -0.2) is 57.3 Å². The number of nitrogens with zero attached hydrogens (tertiary/aromatic N) is 9. The fraction of sp³-hybridized carbons (Fsp3) is 0.286. The normalized spacial score (nSPS) is 10.9. The van der Waals surface area contributed by atoms with Crippen LogP contribution in [0.3, 0.4) is 0 Å². The van der Waals surface area contributed by atoms with E-state index in [1.165, 1.54) is 35.2 Å². The van der Waals surface area contributed by atoms with Crippen molar-refractivity contribution >= 4 is 33.5 Å². The van der Waals surface area contributed by atoms with Gasteiger partial charge in [-0.2, -0.15) is 0 Å². The molecule has 18 nitrogen and oxygen atoms in total. The molecule has 0 spiro atoms. The molecule has 6 aromatic heterocycles. The van der Waals surface area contributed by atoms with Crippen LogP contribution >= 0.6 is 0 Å². The first-order chi connectivity index (χ1) is 18.3. The van der Waals surface area contributed by atoms with Crippen molar-refractivity contribution in [2.24, 2.45) is 42.3 Å². The second kappa shape index (κ2) is 9.72. The fourth-order valence-electron chi connectivity index (χ4n) is 3.82. The van der Waals surface area contributed by atoms with Crippen LogP contribution in [0.15, 0.2) is 47.7 Å². The average Bonchev–Trinajstić information content (AvgIpc) is 3.57. The molecule has 0 aliphatic heterocycles. The van der Waals surface area contributed by atoms with Gasteiger partial charge in [-0.05, 0) is 0 Å². The summed E-state index contributed by atoms with van der Waals surface area (Å²) >= 11 is 0. The smallest absolute Gasteiger partial charge is 0.328 e. The van der Waals surface area contributed by atoms with E-state index in [0.29, 0.717) is 33.5 Å². The Labute approximate surface area is 215 Å². The van der Waals surface area contributed by atoms with Crippen molar-refractivity contribution in [1.82, 2.24) is 57.3 Å². The second-order valence-electron chi connectivity index (χ2n) is 8.54. The van der Waals surface area contributed by atoms with Crippen LogP contribution < -0.4 is 33.7 Å². The fourth-order valence-corrected chi connectivity index (χ4v) is 3.82. The zero-order valence-corrected chi connectivity index (χ0v) is 21.7. The topological polar surface area (TPSA) is 218 Å². The largest absolute Gasteiger partial charge is 0.332 e. The Morgan fingerprint density at radius 2 is 1.08 bits per heavy atom. The first-order valence-electron chi connectivity index (χ1n) is 11.1. The third-order valence-corrected chi connectivity index (χ3v) is 5.90. The van der Waals surface area contributed by atoms with Gasteiger partial charge < -0.3 is 13.7 Å². The number of aryl methyl sites for hydroxylation is 5. The third-order valence-electron chi connectivity index (χ3n) is 5.90. The lowest BCUT2D eigenvalue weighted by Gasteiger charge is -2.02. The molecule has 6 heterocycles. The quantitative estimate of drug-likeness (QED) is 0.177. The maximum Gasteiger partial charge on any atom is 0.332 e. The lowest BCUT2D eigenvalue weighted by molar-refractivity contribution is 0.705. The Morgan fingerprint density at radius 3 is 1.72 bits per heavy atom. The molecule has 39 heavy (non-hydrogen) atoms. The maximum atomic E-state index is 11.7. The van der Waals surface area contributed by atoms with E-state index in [0.717, 1.165) is 4.57 Å². The predicted molar refractivity (Wildman–Crippen MR) is 140 cm³/mol. The number of H-pyrrole nitrogens is 3. The Kier molecular flexibility index (Phi) is 6.61. The molecule has 3 N–H and O–H groups in total. The maximum absolute atomic E-state index is 11.7. The molecule has 204 valence electrons. The summed E-state index contributed by atoms with van der Waals surface area (Å²) in [6.07, 6.45) is 4.49. The molecule has 0 bridgehead atoms. The highest BCUT2D eigenvalue weighted by Gasteiger charge is 2.12. The Balaban J connectivity index is 0.000000136. The van der Waals surface area contributed by atoms with Gasteiger partial charge in [-0.1, -0.05) is 0 Å². The Morgan fingerprint density at radius 1 is 0.564 bits per heavy atom. The standard InChI is InChI=1S/C8H10N4O2.C7H8N4O2.C6H6N4O2/c1-10-4-9-6-5(10)7(13)12(3)8(14)11(6)2;1-10-3-8-5-4(10)6(12)9-7(13)11(5)2;1-10-2-7-4-3(10)5(11)9-6(12)8-4/h4H,1-3H3;3H,1-2H3,(H,9,12,13);2H,1H3,(H2,8,9,11,12). The molecule has 18 heteroatoms. The molecule has 0 aromatic carbocycles. The molecular weight excluding hydrogens is 516 g/mol. The van der Waals surface area contributed by atoms with Crippen molar-refractivity contribution in [1.29, 1.82) is 0 Å². The van der Waals surface area contributed by atoms with E-state index in [1.54, 1.807) is 48.9 Å². The van der Waals surface area contributed by atoms with E-state index in [9.17, 15) is 28.8 Å². The van der Waals surface area contributed by atoms with Crippen LogP contribution in [0, 0.1) is 0 Å². The summed E-state index contributed by atoms with van der Waals surface area (Å²) in [6, 6.07) is 0. The molecule has 0 aliphatic rings. The molecule has 0 amide bonds. The van der Waals surface area contributed by atoms with E-state index in [1.807, 2.05) is 0 Å². The predicted octanol–water partition coefficient (Wildman–Crippen LogP) is -3.12. The van der Waals surface area contributed by atoms with Crippen molar-refractivity contribution in [3.8, 4) is 0 Å². The molecule has 0 aliphatic carbocycles. The van der Waals surface area contributed by atoms with Gasteiger partial charge in [0.25, 0.3) is 16.7 Å². The van der Waals surface area contributed by atoms with E-state index >= 15 is 0 Å². The van der Waals surface area contributed by atoms with Crippen molar-refractivity contribution in [3.05, 3.63) is 81.5 Å². The number of aromatic nitrogens is 12. The zero-order valence-electron chi connectivity index (χ0n) is 21.7. The molecule has 0 fully saturated rings. The van der Waals surface area contributed by atoms with Crippen molar-refractivity contribution in [2.75, 3.05) is 0 Å². The van der Waals surface area contributed by atoms with E-state index in [2.05, 4.69) is 29.9 Å². The molecule has 0 atom stereocenters. The van der Waals surface area contributed by atoms with Crippen LogP contribution in [0.5, 0.6) is 0 Å². The third kappa shape index (κ3) is 4.54. The van der Waals surface area contributed by atoms with Crippen LogP contribution in [0.1, 0.15) is 0 Å². The average molecular weight is 541 g/mol. The highest BCUT2D eigenvalue weighted by molar-refractivity contribution is 5.70. The molecular formula is C21H24N12O6. The number of imidazole rings is 3. The Hall–Kier alpha value is -5.55. The van der Waals surface area contributed by atoms with Gasteiger partial charge in [0, 0.05) is 42.3 Å². The van der Waals surface area contributed by atoms with Crippen LogP contribution in [0.4, 0.5) is 0 Å². The monoisotopic (exact) mass is 540 g/mol. The number of hydrogen-bond donors (Lipinski definition) is 3. The highest BCUT2D eigenvalue weighted by atomic mass is 16.2. The Bertz CT molecular complexity index is 2230. The van der Waals surface area contributed by atoms with Crippen LogP contribution in [-0.2, 0) is 42.3 Å². The second-order valence-corrected chi connectivity index (χ2v) is 8.54. The lowest BCUT2D eigenvalue weighted by atomic mass is 10.5. The van der Waals surface area contributed by atoms with Crippen LogP contribution in [0.25, 0.3) is 33.5 Å². The number of rotatable bonds is 0. The summed E-state index contributed by atoms with van der Waals surface area (Å²) in [6.45, 7) is 0. The van der Waals surface area contributed by atoms with Crippen LogP contribution in [0.2, 0.25) is 0 Å². The van der Waals surface area contributed by atoms with Gasteiger partial charge in [0.1, 0.15) is 0 Å². The summed E-state index contributed by atoms with van der Waals surface area (Å²) in [4.78, 5) is 86.0. The highest BCUT2D eigenvalue weighted by Crippen LogP contribution is 2.02. The minimum atomic E-state index is -0.536. The molecule has 0 radical (unpaired) electrons. The minimum absolute atomic E-state index is 0.311. The van der Waals surface area contributed by atoms with Crippen molar-refractivity contribution in [3.63, 3.8) is 0 Å². The van der Waals surface area contributed by atoms with Gasteiger partial charge in [0.05, 0.1) is 19.0 Å². The van der Waals surface area contributed by atoms with Crippen molar-refractivity contribution < 1.29 is 0 Å². The van der Waals surface area contributed by atoms with E-state index < -0.39 is 22.5 Å². The molecule has 0 saturated carbocycles. The molecule has 6 aromatic rings. The van der Waals surface area contributed by atoms with E-state index in [-0.39, 0.29) is 11.2 Å². The lowest BCUT2D eigenvalue weighted by Crippen LogP contribution is -2.37. The first-order valence-corrected chi connectivity index (χ1v) is 11.1. The van der Waals surface area contributed by atoms with Gasteiger partial charge in [-0.3, -0.25) is 43.0 Å². The first kappa shape index (κ1) is 26.5. The van der Waals surface area contributed by atoms with Gasteiger partial charge in [0.2, 0.25) is 0 Å². The van der Waals surface area contributed by atoms with Gasteiger partial charge in [0.15, 0.2) is 33.5 Å². The SMILES string of the molecule is Cn1c(=O)c2c(ncn2C)n(C)c1=O.Cn1cnc2[nH]c(=O)[nH]c(=O)c21.Cn1cnc2c1c(=O)[nH]c(=O)n2C. The van der Waals surface area contributed by atoms with Gasteiger partial charge >= 0.3 is 17.1 Å². The summed E-state index contributed by atoms with van der Waals surface area (Å²) in [5, 5.41) is 0. The van der Waals surface area contributed by atoms with Gasteiger partial charge in [-0.15, -0.1) is 0 Å². The minimum Gasteiger partial charge on any atom is -0.328 e. The number of nitrogens with one attached hydrogen (secondary N) is 3. The molecule has 0 saturated heterocycles. The summed E-state index contributed by atoms with van der Waals surface area (Å²) in [5.41, 5.74) is -0.145. The number of fused-ring (bicyclic) bond motifs is 3. The number of hydrogen-bond acceptors (Lipinski definition) is 9. The molecule has 0 unspecified atom stereocenters. The summed E-state index contributed by atoms with van der Waals surface area (Å²) in [7, 11) is 9.72. The zero-order chi connectivity index (χ0) is 28.8. The summed E-state index contributed by atoms with van der Waals surface area (Å²) in [5.74, 6) is 0. The van der Waals surface area contributed by atoms with Crippen molar-refractivity contribution in [2.45, 2.75) is 0 Å². The van der Waals surface area contributed by atoms with Gasteiger partial charge in [-0.25, -0.2) is 29.3 Å². The molecule has 6 rings (SSSR count). The van der Waals surface area contributed by atoms with E-state index in [4.69, 9.17) is 0 Å². The number of aromatic amines is 3. The summed E-state index contributed by atoms with van der Waals surface area (Å²) < 4.78 is 8.46.